The van der Waals surface area contributed by atoms with Crippen LogP contribution in [0.25, 0.3) is 0 Å². The number of amides is 1. The third-order valence-corrected chi connectivity index (χ3v) is 6.18. The molecule has 0 saturated carbocycles. The number of sulfonamides is 1. The lowest BCUT2D eigenvalue weighted by atomic mass is 9.75. The average molecular weight is 393 g/mol. The molecular formula is C15H18F3N3O4S. The Kier molecular flexibility index (Phi) is 4.76. The van der Waals surface area contributed by atoms with E-state index in [2.05, 4.69) is 0 Å². The van der Waals surface area contributed by atoms with Crippen molar-refractivity contribution in [1.82, 2.24) is 15.2 Å². The van der Waals surface area contributed by atoms with E-state index in [1.54, 1.807) is 0 Å². The molecule has 0 radical (unpaired) electrons. The van der Waals surface area contributed by atoms with Crippen LogP contribution < -0.4 is 10.3 Å². The number of nitrogens with zero attached hydrogens (tertiary/aromatic N) is 1. The number of halogens is 3. The highest BCUT2D eigenvalue weighted by Gasteiger charge is 2.50. The number of aliphatic hydroxyl groups is 1. The largest absolute Gasteiger partial charge is 0.416 e. The van der Waals surface area contributed by atoms with Crippen molar-refractivity contribution in [2.75, 3.05) is 19.6 Å². The quantitative estimate of drug-likeness (QED) is 0.646. The van der Waals surface area contributed by atoms with Gasteiger partial charge in [0.2, 0.25) is 0 Å². The van der Waals surface area contributed by atoms with Gasteiger partial charge in [-0.3, -0.25) is 15.1 Å². The number of carbonyl (C=O) groups excluding carboxylic acids is 1. The van der Waals surface area contributed by atoms with E-state index in [4.69, 9.17) is 0 Å². The molecule has 0 aromatic heterocycles. The minimum absolute atomic E-state index is 0.117. The molecule has 0 aliphatic carbocycles. The molecule has 3 fully saturated rings. The molecule has 4 rings (SSSR count). The minimum atomic E-state index is -4.58. The molecule has 1 amide bonds. The molecule has 1 atom stereocenters. The van der Waals surface area contributed by atoms with E-state index in [-0.39, 0.29) is 12.5 Å². The van der Waals surface area contributed by atoms with Crippen LogP contribution in [0, 0.1) is 5.92 Å². The van der Waals surface area contributed by atoms with Crippen molar-refractivity contribution in [3.05, 3.63) is 29.8 Å². The van der Waals surface area contributed by atoms with Gasteiger partial charge in [0.1, 0.15) is 0 Å². The van der Waals surface area contributed by atoms with Crippen molar-refractivity contribution in [2.24, 2.45) is 5.92 Å². The van der Waals surface area contributed by atoms with Crippen LogP contribution in [0.1, 0.15) is 18.4 Å². The zero-order valence-electron chi connectivity index (χ0n) is 13.6. The number of hydrazine groups is 1. The number of nitrogens with one attached hydrogen (secondary N) is 2. The number of benzene rings is 1. The Morgan fingerprint density at radius 3 is 2.23 bits per heavy atom. The third-order valence-electron chi connectivity index (χ3n) is 4.91. The number of piperidine rings is 3. The maximum atomic E-state index is 12.5. The molecule has 144 valence electrons. The second kappa shape index (κ2) is 6.48. The Labute approximate surface area is 148 Å². The fourth-order valence-corrected chi connectivity index (χ4v) is 4.24. The van der Waals surface area contributed by atoms with Gasteiger partial charge in [-0.1, -0.05) is 0 Å². The fourth-order valence-electron chi connectivity index (χ4n) is 3.40. The summed E-state index contributed by atoms with van der Waals surface area (Å²) in [5.74, 6) is -1.13. The first-order valence-corrected chi connectivity index (χ1v) is 9.45. The highest BCUT2D eigenvalue weighted by atomic mass is 32.2. The molecule has 1 aromatic carbocycles. The Morgan fingerprint density at radius 2 is 1.77 bits per heavy atom. The lowest BCUT2D eigenvalue weighted by Gasteiger charge is -2.48. The van der Waals surface area contributed by atoms with Gasteiger partial charge < -0.3 is 5.11 Å². The predicted molar refractivity (Wildman–Crippen MR) is 84.0 cm³/mol. The number of rotatable bonds is 4. The summed E-state index contributed by atoms with van der Waals surface area (Å²) in [6, 6.07) is 2.86. The van der Waals surface area contributed by atoms with Gasteiger partial charge in [0.05, 0.1) is 10.5 Å². The minimum Gasteiger partial charge on any atom is -0.378 e. The molecule has 0 spiro atoms. The van der Waals surface area contributed by atoms with E-state index in [9.17, 15) is 31.5 Å². The standard InChI is InChI=1S/C15H18F3N3O4S/c16-15(17,18)11-1-3-12(4-2-11)26(24,25)20-19-13(22)14(23)9-21-7-5-10(14)6-8-21/h1-4,10,20,23H,5-9H2,(H,19,22)/t14-/m0/s1. The van der Waals surface area contributed by atoms with Crippen LogP contribution in [0.3, 0.4) is 0 Å². The van der Waals surface area contributed by atoms with Crippen LogP contribution in [-0.4, -0.2) is 49.6 Å². The highest BCUT2D eigenvalue weighted by molar-refractivity contribution is 7.89. The molecule has 1 aromatic rings. The van der Waals surface area contributed by atoms with Gasteiger partial charge in [0.25, 0.3) is 15.9 Å². The summed E-state index contributed by atoms with van der Waals surface area (Å²) in [7, 11) is -4.27. The van der Waals surface area contributed by atoms with Crippen LogP contribution in [0.5, 0.6) is 0 Å². The summed E-state index contributed by atoms with van der Waals surface area (Å²) in [6.07, 6.45) is -3.31. The Hall–Kier alpha value is -1.69. The zero-order chi connectivity index (χ0) is 19.2. The van der Waals surface area contributed by atoms with E-state index in [0.717, 1.165) is 25.2 Å². The normalized spacial score (nSPS) is 28.8. The first-order valence-electron chi connectivity index (χ1n) is 7.97. The maximum Gasteiger partial charge on any atom is 0.416 e. The van der Waals surface area contributed by atoms with Crippen molar-refractivity contribution >= 4 is 15.9 Å². The summed E-state index contributed by atoms with van der Waals surface area (Å²) in [5, 5.41) is 10.6. The van der Waals surface area contributed by atoms with E-state index in [0.29, 0.717) is 25.0 Å². The van der Waals surface area contributed by atoms with E-state index in [1.165, 1.54) is 0 Å². The average Bonchev–Trinajstić information content (AvgIpc) is 2.60. The summed E-state index contributed by atoms with van der Waals surface area (Å²) in [6.45, 7) is 1.67. The molecule has 3 saturated heterocycles. The van der Waals surface area contributed by atoms with Crippen LogP contribution in [0.2, 0.25) is 0 Å². The molecule has 7 nitrogen and oxygen atoms in total. The molecule has 3 heterocycles. The molecule has 26 heavy (non-hydrogen) atoms. The number of fused-ring (bicyclic) bond motifs is 3. The Bertz CT molecular complexity index is 789. The molecule has 2 bridgehead atoms. The zero-order valence-corrected chi connectivity index (χ0v) is 14.4. The Morgan fingerprint density at radius 1 is 1.19 bits per heavy atom. The molecule has 3 N–H and O–H groups in total. The number of alkyl halides is 3. The van der Waals surface area contributed by atoms with E-state index < -0.39 is 38.2 Å². The summed E-state index contributed by atoms with van der Waals surface area (Å²) in [4.78, 5) is 15.6. The van der Waals surface area contributed by atoms with Crippen LogP contribution in [-0.2, 0) is 21.0 Å². The van der Waals surface area contributed by atoms with Crippen molar-refractivity contribution in [3.8, 4) is 0 Å². The summed E-state index contributed by atoms with van der Waals surface area (Å²) in [5.41, 5.74) is -0.694. The van der Waals surface area contributed by atoms with Gasteiger partial charge in [-0.2, -0.15) is 13.2 Å². The Balaban J connectivity index is 1.67. The topological polar surface area (TPSA) is 98.7 Å². The van der Waals surface area contributed by atoms with Crippen molar-refractivity contribution in [3.63, 3.8) is 0 Å². The first kappa shape index (κ1) is 19.1. The van der Waals surface area contributed by atoms with E-state index in [1.807, 2.05) is 15.2 Å². The molecule has 11 heteroatoms. The van der Waals surface area contributed by atoms with E-state index >= 15 is 0 Å². The molecular weight excluding hydrogens is 375 g/mol. The SMILES string of the molecule is O=C(NNS(=O)(=O)c1ccc(C(F)(F)F)cc1)[C@]1(O)CN2CCC1CC2. The van der Waals surface area contributed by atoms with Gasteiger partial charge in [0.15, 0.2) is 5.60 Å². The molecule has 3 aliphatic rings. The predicted octanol–water partition coefficient (Wildman–Crippen LogP) is 0.472. The van der Waals surface area contributed by atoms with Crippen LogP contribution >= 0.6 is 0 Å². The van der Waals surface area contributed by atoms with Gasteiger partial charge in [-0.15, -0.1) is 4.83 Å². The fraction of sp³-hybridized carbons (Fsp3) is 0.533. The number of hydrogen-bond acceptors (Lipinski definition) is 5. The van der Waals surface area contributed by atoms with Crippen LogP contribution in [0.4, 0.5) is 13.2 Å². The van der Waals surface area contributed by atoms with Crippen LogP contribution in [0.15, 0.2) is 29.2 Å². The highest BCUT2D eigenvalue weighted by Crippen LogP contribution is 2.35. The monoisotopic (exact) mass is 393 g/mol. The lowest BCUT2D eigenvalue weighted by molar-refractivity contribution is -0.162. The second-order valence-corrected chi connectivity index (χ2v) is 8.24. The van der Waals surface area contributed by atoms with Crippen molar-refractivity contribution in [1.29, 1.82) is 0 Å². The first-order chi connectivity index (χ1) is 12.0. The van der Waals surface area contributed by atoms with Crippen molar-refractivity contribution in [2.45, 2.75) is 29.5 Å². The third kappa shape index (κ3) is 3.56. The van der Waals surface area contributed by atoms with Crippen molar-refractivity contribution < 1.29 is 31.5 Å². The van der Waals surface area contributed by atoms with Gasteiger partial charge >= 0.3 is 6.18 Å². The summed E-state index contributed by atoms with van der Waals surface area (Å²) >= 11 is 0. The van der Waals surface area contributed by atoms with Gasteiger partial charge in [-0.05, 0) is 50.2 Å². The molecule has 0 unspecified atom stereocenters. The van der Waals surface area contributed by atoms with Gasteiger partial charge in [-0.25, -0.2) is 8.42 Å². The maximum absolute atomic E-state index is 12.5. The lowest BCUT2D eigenvalue weighted by Crippen LogP contribution is -2.67. The van der Waals surface area contributed by atoms with Gasteiger partial charge in [0, 0.05) is 12.5 Å². The number of carbonyl (C=O) groups is 1. The number of hydrogen-bond donors (Lipinski definition) is 3. The second-order valence-electron chi connectivity index (χ2n) is 6.56. The molecule has 3 aliphatic heterocycles. The smallest absolute Gasteiger partial charge is 0.378 e. The summed E-state index contributed by atoms with van der Waals surface area (Å²) < 4.78 is 61.9.